The second-order valence-electron chi connectivity index (χ2n) is 4.19. The third kappa shape index (κ3) is 15.5. The summed E-state index contributed by atoms with van der Waals surface area (Å²) in [6, 6.07) is 0. The Morgan fingerprint density at radius 3 is 2.06 bits per heavy atom. The molecule has 0 fully saturated rings. The third-order valence-electron chi connectivity index (χ3n) is 2.57. The van der Waals surface area contributed by atoms with Gasteiger partial charge in [-0.25, -0.2) is 0 Å². The fourth-order valence-electron chi connectivity index (χ4n) is 1.64. The summed E-state index contributed by atoms with van der Waals surface area (Å²) < 4.78 is 4.87. The van der Waals surface area contributed by atoms with Gasteiger partial charge in [-0.15, -0.1) is 0 Å². The lowest BCUT2D eigenvalue weighted by atomic mass is 10.1. The molecule has 17 heavy (non-hydrogen) atoms. The summed E-state index contributed by atoms with van der Waals surface area (Å²) in [7, 11) is 0. The first kappa shape index (κ1) is 16.5. The summed E-state index contributed by atoms with van der Waals surface area (Å²) in [5.41, 5.74) is 0. The molecule has 0 rings (SSSR count). The van der Waals surface area contributed by atoms with Crippen LogP contribution in [0.4, 0.5) is 0 Å². The molecule has 0 bridgehead atoms. The number of carbonyl (C=O) groups is 1. The Hall–Kier alpha value is -0.490. The average Bonchev–Trinajstić information content (AvgIpc) is 2.30. The second kappa shape index (κ2) is 13.6. The largest absolute Gasteiger partial charge is 0.466 e. The minimum Gasteiger partial charge on any atom is -0.466 e. The van der Waals surface area contributed by atoms with Crippen LogP contribution in [0.5, 0.6) is 0 Å². The normalized spacial score (nSPS) is 9.53. The number of ether oxygens (including phenoxy) is 1. The lowest BCUT2D eigenvalue weighted by molar-refractivity contribution is -0.141. The Bertz CT molecular complexity index is 240. The Labute approximate surface area is 114 Å². The molecule has 0 aromatic carbocycles. The van der Waals surface area contributed by atoms with E-state index in [0.29, 0.717) is 6.61 Å². The number of halogens is 1. The minimum absolute atomic E-state index is 0.170. The first-order valence-corrected chi connectivity index (χ1v) is 7.28. The number of hydrogen-bond donors (Lipinski definition) is 0. The zero-order valence-corrected chi connectivity index (χ0v) is 12.4. The van der Waals surface area contributed by atoms with Gasteiger partial charge in [0.05, 0.1) is 6.61 Å². The van der Waals surface area contributed by atoms with Gasteiger partial charge in [0, 0.05) is 29.3 Å². The third-order valence-corrected chi connectivity index (χ3v) is 2.85. The van der Waals surface area contributed by atoms with E-state index in [1.54, 1.807) is 0 Å². The van der Waals surface area contributed by atoms with Crippen molar-refractivity contribution in [3.8, 4) is 10.8 Å². The molecule has 0 aromatic rings. The number of unbranched alkanes of at least 4 members (excludes halogenated alkanes) is 8. The number of esters is 1. The van der Waals surface area contributed by atoms with Crippen molar-refractivity contribution < 1.29 is 9.53 Å². The highest BCUT2D eigenvalue weighted by molar-refractivity contribution is 9.12. The molecule has 98 valence electrons. The first-order valence-electron chi connectivity index (χ1n) is 6.49. The van der Waals surface area contributed by atoms with Gasteiger partial charge in [-0.3, -0.25) is 4.79 Å². The zero-order chi connectivity index (χ0) is 12.8. The van der Waals surface area contributed by atoms with Crippen molar-refractivity contribution >= 4 is 21.9 Å². The fraction of sp³-hybridized carbons (Fsp3) is 0.786. The molecule has 0 atom stereocenters. The molecule has 0 amide bonds. The van der Waals surface area contributed by atoms with Crippen LogP contribution >= 0.6 is 15.9 Å². The van der Waals surface area contributed by atoms with E-state index in [4.69, 9.17) is 4.74 Å². The van der Waals surface area contributed by atoms with Gasteiger partial charge < -0.3 is 4.74 Å². The van der Waals surface area contributed by atoms with Crippen molar-refractivity contribution in [2.45, 2.75) is 64.7 Å². The molecule has 0 aliphatic rings. The highest BCUT2D eigenvalue weighted by Gasteiger charge is 1.94. The molecule has 2 nitrogen and oxygen atoms in total. The van der Waals surface area contributed by atoms with E-state index in [-0.39, 0.29) is 5.97 Å². The van der Waals surface area contributed by atoms with Crippen molar-refractivity contribution in [3.63, 3.8) is 0 Å². The van der Waals surface area contributed by atoms with Crippen molar-refractivity contribution in [2.75, 3.05) is 6.61 Å². The van der Waals surface area contributed by atoms with E-state index in [0.717, 1.165) is 12.8 Å². The summed E-state index contributed by atoms with van der Waals surface area (Å²) >= 11 is 3.09. The van der Waals surface area contributed by atoms with E-state index in [1.807, 2.05) is 0 Å². The van der Waals surface area contributed by atoms with Gasteiger partial charge >= 0.3 is 5.97 Å². The van der Waals surface area contributed by atoms with Gasteiger partial charge in [0.25, 0.3) is 0 Å². The Balaban J connectivity index is 2.98. The molecule has 0 saturated heterocycles. The molecular weight excluding hydrogens is 280 g/mol. The standard InChI is InChI=1S/C14H23BrO2/c1-14(16)17-13-11-9-7-5-3-2-4-6-8-10-12-15/h2-9,11,13H2,1H3. The Morgan fingerprint density at radius 2 is 1.53 bits per heavy atom. The molecule has 0 radical (unpaired) electrons. The van der Waals surface area contributed by atoms with Crippen LogP contribution in [0.1, 0.15) is 64.7 Å². The van der Waals surface area contributed by atoms with Gasteiger partial charge in [-0.2, -0.15) is 0 Å². The monoisotopic (exact) mass is 302 g/mol. The van der Waals surface area contributed by atoms with E-state index in [1.165, 1.54) is 51.9 Å². The van der Waals surface area contributed by atoms with Crippen LogP contribution < -0.4 is 0 Å². The predicted molar refractivity (Wildman–Crippen MR) is 74.9 cm³/mol. The molecule has 0 aromatic heterocycles. The summed E-state index contributed by atoms with van der Waals surface area (Å²) in [5.74, 6) is 2.84. The molecule has 0 spiro atoms. The highest BCUT2D eigenvalue weighted by atomic mass is 79.9. The first-order chi connectivity index (χ1) is 8.27. The summed E-state index contributed by atoms with van der Waals surface area (Å²) in [4.78, 5) is 13.2. The SMILES string of the molecule is CC(=O)OCCCCCCCCCCC#CBr. The predicted octanol–water partition coefficient (Wildman–Crippen LogP) is 4.42. The topological polar surface area (TPSA) is 26.3 Å². The molecule has 0 unspecified atom stereocenters. The zero-order valence-electron chi connectivity index (χ0n) is 10.8. The maximum atomic E-state index is 10.5. The molecule has 0 aliphatic heterocycles. The van der Waals surface area contributed by atoms with Gasteiger partial charge in [-0.05, 0) is 17.7 Å². The Kier molecular flexibility index (Phi) is 13.2. The van der Waals surface area contributed by atoms with Crippen molar-refractivity contribution in [2.24, 2.45) is 0 Å². The maximum Gasteiger partial charge on any atom is 0.302 e. The maximum absolute atomic E-state index is 10.5. The van der Waals surface area contributed by atoms with Crippen LogP contribution in [0.2, 0.25) is 0 Å². The van der Waals surface area contributed by atoms with Crippen LogP contribution in [0.15, 0.2) is 0 Å². The number of rotatable bonds is 10. The smallest absolute Gasteiger partial charge is 0.302 e. The van der Waals surface area contributed by atoms with Crippen molar-refractivity contribution in [1.29, 1.82) is 0 Å². The quantitative estimate of drug-likeness (QED) is 0.339. The van der Waals surface area contributed by atoms with Crippen LogP contribution in [0.25, 0.3) is 0 Å². The molecule has 3 heteroatoms. The second-order valence-corrected chi connectivity index (χ2v) is 4.59. The number of hydrogen-bond acceptors (Lipinski definition) is 2. The van der Waals surface area contributed by atoms with Crippen LogP contribution in [0.3, 0.4) is 0 Å². The summed E-state index contributed by atoms with van der Waals surface area (Å²) in [5, 5.41) is 0. The van der Waals surface area contributed by atoms with Gasteiger partial charge in [-0.1, -0.05) is 44.4 Å². The van der Waals surface area contributed by atoms with Crippen LogP contribution in [-0.4, -0.2) is 12.6 Å². The fourth-order valence-corrected chi connectivity index (χ4v) is 1.84. The molecule has 0 saturated carbocycles. The van der Waals surface area contributed by atoms with Gasteiger partial charge in [0.2, 0.25) is 0 Å². The van der Waals surface area contributed by atoms with Gasteiger partial charge in [0.15, 0.2) is 0 Å². The summed E-state index contributed by atoms with van der Waals surface area (Å²) in [6.07, 6.45) is 10.9. The van der Waals surface area contributed by atoms with Crippen LogP contribution in [0, 0.1) is 10.8 Å². The van der Waals surface area contributed by atoms with Gasteiger partial charge in [0.1, 0.15) is 0 Å². The molecule has 0 aliphatic carbocycles. The van der Waals surface area contributed by atoms with E-state index >= 15 is 0 Å². The highest BCUT2D eigenvalue weighted by Crippen LogP contribution is 2.09. The minimum atomic E-state index is -0.170. The van der Waals surface area contributed by atoms with Crippen molar-refractivity contribution in [1.82, 2.24) is 0 Å². The summed E-state index contributed by atoms with van der Waals surface area (Å²) in [6.45, 7) is 2.04. The Morgan fingerprint density at radius 1 is 1.00 bits per heavy atom. The average molecular weight is 303 g/mol. The molecule has 0 N–H and O–H groups in total. The number of carbonyl (C=O) groups excluding carboxylic acids is 1. The molecular formula is C14H23BrO2. The van der Waals surface area contributed by atoms with E-state index in [2.05, 4.69) is 26.7 Å². The van der Waals surface area contributed by atoms with Crippen molar-refractivity contribution in [3.05, 3.63) is 0 Å². The van der Waals surface area contributed by atoms with E-state index < -0.39 is 0 Å². The molecule has 0 heterocycles. The van der Waals surface area contributed by atoms with Crippen LogP contribution in [-0.2, 0) is 9.53 Å². The lowest BCUT2D eigenvalue weighted by Crippen LogP contribution is -2.00. The van der Waals surface area contributed by atoms with E-state index in [9.17, 15) is 4.79 Å². The lowest BCUT2D eigenvalue weighted by Gasteiger charge is -2.02.